The normalized spacial score (nSPS) is 24.1. The number of halogens is 1. The van der Waals surface area contributed by atoms with Gasteiger partial charge in [-0.05, 0) is 42.3 Å². The molecule has 4 heterocycles. The summed E-state index contributed by atoms with van der Waals surface area (Å²) < 4.78 is 20.4. The van der Waals surface area contributed by atoms with Gasteiger partial charge in [-0.1, -0.05) is 12.1 Å². The molecule has 9 heteroatoms. The van der Waals surface area contributed by atoms with E-state index in [1.54, 1.807) is 18.3 Å². The summed E-state index contributed by atoms with van der Waals surface area (Å²) in [6, 6.07) is 12.5. The Morgan fingerprint density at radius 1 is 1.17 bits per heavy atom. The predicted octanol–water partition coefficient (Wildman–Crippen LogP) is 3.08. The average Bonchev–Trinajstić information content (AvgIpc) is 3.64. The van der Waals surface area contributed by atoms with Gasteiger partial charge in [0.05, 0.1) is 23.8 Å². The fraction of sp³-hybridized carbons (Fsp3) is 0.407. The molecule has 2 N–H and O–H groups in total. The zero-order chi connectivity index (χ0) is 24.7. The molecule has 2 aliphatic heterocycles. The van der Waals surface area contributed by atoms with E-state index >= 15 is 0 Å². The molecule has 3 atom stereocenters. The maximum absolute atomic E-state index is 14.1. The van der Waals surface area contributed by atoms with Crippen LogP contribution in [-0.2, 0) is 11.2 Å². The number of piperidine rings is 1. The number of nitrogens with zero attached hydrogens (tertiary/aromatic N) is 4. The van der Waals surface area contributed by atoms with E-state index < -0.39 is 17.5 Å². The lowest BCUT2D eigenvalue weighted by atomic mass is 9.81. The number of aliphatic hydroxyl groups excluding tert-OH is 1. The van der Waals surface area contributed by atoms with Crippen LogP contribution < -0.4 is 15.0 Å². The second-order valence-corrected chi connectivity index (χ2v) is 10.0. The molecule has 2 fully saturated rings. The van der Waals surface area contributed by atoms with E-state index in [-0.39, 0.29) is 23.9 Å². The van der Waals surface area contributed by atoms with E-state index in [0.29, 0.717) is 49.7 Å². The summed E-state index contributed by atoms with van der Waals surface area (Å²) in [6.07, 6.45) is 5.59. The Hall–Kier alpha value is -3.59. The zero-order valence-electron chi connectivity index (χ0n) is 19.8. The van der Waals surface area contributed by atoms with E-state index in [0.717, 1.165) is 17.8 Å². The van der Waals surface area contributed by atoms with Crippen LogP contribution in [0.3, 0.4) is 0 Å². The molecule has 0 bridgehead atoms. The van der Waals surface area contributed by atoms with Gasteiger partial charge in [0.1, 0.15) is 17.2 Å². The molecule has 1 aliphatic carbocycles. The number of amides is 1. The van der Waals surface area contributed by atoms with Crippen LogP contribution in [0.2, 0.25) is 0 Å². The molecule has 0 radical (unpaired) electrons. The van der Waals surface area contributed by atoms with Gasteiger partial charge in [-0.2, -0.15) is 5.10 Å². The molecular weight excluding hydrogens is 461 g/mol. The fourth-order valence-corrected chi connectivity index (χ4v) is 5.46. The number of rotatable bonds is 5. The number of aromatic nitrogens is 3. The number of hydrogen-bond donors (Lipinski definition) is 2. The number of aliphatic hydroxyl groups is 1. The van der Waals surface area contributed by atoms with Crippen molar-refractivity contribution < 1.29 is 19.0 Å². The Labute approximate surface area is 208 Å². The quantitative estimate of drug-likeness (QED) is 0.568. The van der Waals surface area contributed by atoms with Crippen molar-refractivity contribution in [3.05, 3.63) is 77.5 Å². The molecule has 36 heavy (non-hydrogen) atoms. The monoisotopic (exact) mass is 489 g/mol. The number of ether oxygens (including phenoxy) is 1. The van der Waals surface area contributed by atoms with Crippen molar-refractivity contribution in [2.45, 2.75) is 55.8 Å². The molecule has 6 rings (SSSR count). The lowest BCUT2D eigenvalue weighted by Crippen LogP contribution is -2.51. The second-order valence-electron chi connectivity index (χ2n) is 10.0. The number of anilines is 1. The van der Waals surface area contributed by atoms with Crippen molar-refractivity contribution in [3.63, 3.8) is 0 Å². The highest BCUT2D eigenvalue weighted by Gasteiger charge is 2.44. The van der Waals surface area contributed by atoms with Gasteiger partial charge in [-0.25, -0.2) is 4.39 Å². The van der Waals surface area contributed by atoms with Gasteiger partial charge in [0.25, 0.3) is 0 Å². The molecule has 1 aromatic carbocycles. The SMILES string of the molecule is O=C(Cc1ccc(N2CCC3(CC2)CC(O)c2c(F)cccc2O3)nn1)NC1CC1c1cccnc1. The molecule has 1 saturated heterocycles. The molecule has 3 unspecified atom stereocenters. The summed E-state index contributed by atoms with van der Waals surface area (Å²) in [6.45, 7) is 1.37. The molecule has 1 amide bonds. The van der Waals surface area contributed by atoms with Crippen molar-refractivity contribution in [1.29, 1.82) is 0 Å². The Balaban J connectivity index is 1.02. The smallest absolute Gasteiger partial charge is 0.226 e. The van der Waals surface area contributed by atoms with E-state index in [9.17, 15) is 14.3 Å². The topological polar surface area (TPSA) is 100 Å². The minimum Gasteiger partial charge on any atom is -0.487 e. The minimum absolute atomic E-state index is 0.0573. The second kappa shape index (κ2) is 9.13. The summed E-state index contributed by atoms with van der Waals surface area (Å²) >= 11 is 0. The first kappa shape index (κ1) is 22.8. The summed E-state index contributed by atoms with van der Waals surface area (Å²) in [5.41, 5.74) is 1.52. The van der Waals surface area contributed by atoms with Crippen LogP contribution in [0.4, 0.5) is 10.2 Å². The third-order valence-electron chi connectivity index (χ3n) is 7.53. The minimum atomic E-state index is -0.873. The molecule has 186 valence electrons. The van der Waals surface area contributed by atoms with Crippen LogP contribution in [0.15, 0.2) is 54.9 Å². The maximum Gasteiger partial charge on any atom is 0.226 e. The molecule has 3 aromatic rings. The largest absolute Gasteiger partial charge is 0.487 e. The van der Waals surface area contributed by atoms with Crippen LogP contribution in [0.1, 0.15) is 54.5 Å². The molecule has 3 aliphatic rings. The molecule has 2 aromatic heterocycles. The highest BCUT2D eigenvalue weighted by molar-refractivity contribution is 5.79. The van der Waals surface area contributed by atoms with E-state index in [1.807, 2.05) is 30.5 Å². The molecule has 1 spiro atoms. The summed E-state index contributed by atoms with van der Waals surface area (Å²) in [5, 5.41) is 22.3. The predicted molar refractivity (Wildman–Crippen MR) is 130 cm³/mol. The van der Waals surface area contributed by atoms with E-state index in [1.165, 1.54) is 6.07 Å². The van der Waals surface area contributed by atoms with E-state index in [2.05, 4.69) is 25.4 Å². The number of benzene rings is 1. The van der Waals surface area contributed by atoms with Gasteiger partial charge in [0.15, 0.2) is 5.82 Å². The number of carbonyl (C=O) groups is 1. The average molecular weight is 490 g/mol. The van der Waals surface area contributed by atoms with E-state index in [4.69, 9.17) is 4.74 Å². The van der Waals surface area contributed by atoms with Gasteiger partial charge in [-0.15, -0.1) is 5.10 Å². The zero-order valence-corrected chi connectivity index (χ0v) is 19.8. The van der Waals surface area contributed by atoms with Crippen molar-refractivity contribution in [2.24, 2.45) is 0 Å². The number of pyridine rings is 1. The van der Waals surface area contributed by atoms with Crippen molar-refractivity contribution in [3.8, 4) is 5.75 Å². The van der Waals surface area contributed by atoms with Gasteiger partial charge < -0.3 is 20.1 Å². The van der Waals surface area contributed by atoms with Gasteiger partial charge in [0, 0.05) is 56.7 Å². The van der Waals surface area contributed by atoms with Crippen molar-refractivity contribution in [2.75, 3.05) is 18.0 Å². The fourth-order valence-electron chi connectivity index (χ4n) is 5.46. The Morgan fingerprint density at radius 3 is 2.78 bits per heavy atom. The standard InChI is InChI=1S/C27H28FN5O3/c28-20-4-1-5-23-26(20)22(34)15-27(36-23)8-11-33(12-9-27)24-7-6-18(31-32-24)13-25(35)30-21-14-19(21)17-3-2-10-29-16-17/h1-7,10,16,19,21-22,34H,8-9,11-15H2,(H,30,35). The van der Waals surface area contributed by atoms with Gasteiger partial charge in [-0.3, -0.25) is 9.78 Å². The lowest BCUT2D eigenvalue weighted by Gasteiger charge is -2.46. The summed E-state index contributed by atoms with van der Waals surface area (Å²) in [4.78, 5) is 18.7. The Bertz CT molecular complexity index is 1250. The van der Waals surface area contributed by atoms with Crippen molar-refractivity contribution in [1.82, 2.24) is 20.5 Å². The van der Waals surface area contributed by atoms with Crippen LogP contribution in [0.5, 0.6) is 5.75 Å². The number of nitrogens with one attached hydrogen (secondary N) is 1. The Kier molecular flexibility index (Phi) is 5.79. The third-order valence-corrected chi connectivity index (χ3v) is 7.53. The van der Waals surface area contributed by atoms with Crippen LogP contribution in [-0.4, -0.2) is 50.9 Å². The van der Waals surface area contributed by atoms with Crippen LogP contribution >= 0.6 is 0 Å². The van der Waals surface area contributed by atoms with Crippen LogP contribution in [0, 0.1) is 5.82 Å². The van der Waals surface area contributed by atoms with Crippen LogP contribution in [0.25, 0.3) is 0 Å². The van der Waals surface area contributed by atoms with Crippen molar-refractivity contribution >= 4 is 11.7 Å². The first-order chi connectivity index (χ1) is 17.5. The first-order valence-corrected chi connectivity index (χ1v) is 12.4. The number of fused-ring (bicyclic) bond motifs is 1. The lowest BCUT2D eigenvalue weighted by molar-refractivity contribution is -0.120. The maximum atomic E-state index is 14.1. The highest BCUT2D eigenvalue weighted by Crippen LogP contribution is 2.45. The van der Waals surface area contributed by atoms with Gasteiger partial charge in [0.2, 0.25) is 5.91 Å². The summed E-state index contributed by atoms with van der Waals surface area (Å²) in [5.74, 6) is 1.03. The Morgan fingerprint density at radius 2 is 2.03 bits per heavy atom. The molecule has 1 saturated carbocycles. The molecular formula is C27H28FN5O3. The molecule has 8 nitrogen and oxygen atoms in total. The van der Waals surface area contributed by atoms with Gasteiger partial charge >= 0.3 is 0 Å². The summed E-state index contributed by atoms with van der Waals surface area (Å²) in [7, 11) is 0. The highest BCUT2D eigenvalue weighted by atomic mass is 19.1. The third kappa shape index (κ3) is 4.51. The number of carbonyl (C=O) groups excluding carboxylic acids is 1. The first-order valence-electron chi connectivity index (χ1n) is 12.4. The number of hydrogen-bond acceptors (Lipinski definition) is 7.